The van der Waals surface area contributed by atoms with Gasteiger partial charge in [-0.2, -0.15) is 0 Å². The first kappa shape index (κ1) is 23.1. The zero-order chi connectivity index (χ0) is 22.1. The van der Waals surface area contributed by atoms with Crippen molar-refractivity contribution in [3.8, 4) is 17.2 Å². The molecule has 0 aromatic heterocycles. The Morgan fingerprint density at radius 3 is 2.10 bits per heavy atom. The lowest BCUT2D eigenvalue weighted by molar-refractivity contribution is -0.124. The second-order valence-corrected chi connectivity index (χ2v) is 6.94. The Hall–Kier alpha value is -3.22. The van der Waals surface area contributed by atoms with E-state index in [0.29, 0.717) is 22.8 Å². The zero-order valence-corrected chi connectivity index (χ0v) is 18.2. The van der Waals surface area contributed by atoms with Crippen LogP contribution in [0.4, 0.5) is 0 Å². The van der Waals surface area contributed by atoms with Gasteiger partial charge in [-0.3, -0.25) is 9.59 Å². The zero-order valence-electron chi connectivity index (χ0n) is 18.2. The van der Waals surface area contributed by atoms with Gasteiger partial charge in [-0.05, 0) is 24.1 Å². The summed E-state index contributed by atoms with van der Waals surface area (Å²) in [4.78, 5) is 25.5. The minimum atomic E-state index is -0.658. The van der Waals surface area contributed by atoms with Crippen LogP contribution in [-0.2, 0) is 11.3 Å². The van der Waals surface area contributed by atoms with Crippen LogP contribution in [0.2, 0.25) is 0 Å². The Bertz CT molecular complexity index is 854. The molecule has 0 bridgehead atoms. The molecule has 7 nitrogen and oxygen atoms in total. The largest absolute Gasteiger partial charge is 0.496 e. The maximum atomic E-state index is 12.9. The fraction of sp³-hybridized carbons (Fsp3) is 0.391. The third kappa shape index (κ3) is 5.65. The van der Waals surface area contributed by atoms with Gasteiger partial charge in [0, 0.05) is 23.7 Å². The van der Waals surface area contributed by atoms with Crippen molar-refractivity contribution in [3.05, 3.63) is 53.6 Å². The molecule has 0 saturated carbocycles. The van der Waals surface area contributed by atoms with Gasteiger partial charge in [0.1, 0.15) is 11.8 Å². The van der Waals surface area contributed by atoms with Crippen LogP contribution in [0.25, 0.3) is 0 Å². The smallest absolute Gasteiger partial charge is 0.251 e. The van der Waals surface area contributed by atoms with Gasteiger partial charge < -0.3 is 24.8 Å². The summed E-state index contributed by atoms with van der Waals surface area (Å²) in [7, 11) is 4.64. The van der Waals surface area contributed by atoms with Crippen LogP contribution < -0.4 is 24.8 Å². The molecule has 0 aliphatic rings. The van der Waals surface area contributed by atoms with Gasteiger partial charge >= 0.3 is 0 Å². The summed E-state index contributed by atoms with van der Waals surface area (Å²) in [6.07, 6.45) is 0.743. The normalized spacial score (nSPS) is 12.4. The van der Waals surface area contributed by atoms with E-state index in [1.165, 1.54) is 0 Å². The fourth-order valence-electron chi connectivity index (χ4n) is 3.04. The number of amides is 2. The second-order valence-electron chi connectivity index (χ2n) is 6.94. The molecule has 0 radical (unpaired) electrons. The lowest BCUT2D eigenvalue weighted by atomic mass is 9.97. The Morgan fingerprint density at radius 2 is 1.53 bits per heavy atom. The Kier molecular flexibility index (Phi) is 8.53. The predicted octanol–water partition coefficient (Wildman–Crippen LogP) is 3.17. The summed E-state index contributed by atoms with van der Waals surface area (Å²) in [6.45, 7) is 4.14. The Morgan fingerprint density at radius 1 is 0.933 bits per heavy atom. The molecule has 2 rings (SSSR count). The minimum absolute atomic E-state index is 0.0371. The summed E-state index contributed by atoms with van der Waals surface area (Å²) >= 11 is 0. The molecule has 0 fully saturated rings. The molecule has 7 heteroatoms. The van der Waals surface area contributed by atoms with Crippen molar-refractivity contribution >= 4 is 11.8 Å². The number of carbonyl (C=O) groups excluding carboxylic acids is 2. The fourth-order valence-corrected chi connectivity index (χ4v) is 3.04. The first-order valence-electron chi connectivity index (χ1n) is 9.87. The average molecular weight is 415 g/mol. The summed E-state index contributed by atoms with van der Waals surface area (Å²) < 4.78 is 16.0. The molecule has 2 atom stereocenters. The molecule has 2 aromatic carbocycles. The van der Waals surface area contributed by atoms with Crippen molar-refractivity contribution in [2.24, 2.45) is 5.92 Å². The summed E-state index contributed by atoms with van der Waals surface area (Å²) in [5.74, 6) is 1.08. The number of carbonyl (C=O) groups is 2. The van der Waals surface area contributed by atoms with E-state index >= 15 is 0 Å². The molecule has 0 spiro atoms. The lowest BCUT2D eigenvalue weighted by Crippen LogP contribution is -2.50. The van der Waals surface area contributed by atoms with Gasteiger partial charge in [0.05, 0.1) is 21.3 Å². The monoisotopic (exact) mass is 414 g/mol. The molecule has 2 aromatic rings. The van der Waals surface area contributed by atoms with Crippen LogP contribution in [-0.4, -0.2) is 39.2 Å². The summed E-state index contributed by atoms with van der Waals surface area (Å²) in [5.41, 5.74) is 1.25. The van der Waals surface area contributed by atoms with Crippen molar-refractivity contribution < 1.29 is 23.8 Å². The van der Waals surface area contributed by atoms with Gasteiger partial charge in [0.15, 0.2) is 11.5 Å². The van der Waals surface area contributed by atoms with Crippen LogP contribution in [0.15, 0.2) is 42.5 Å². The van der Waals surface area contributed by atoms with E-state index in [1.807, 2.05) is 19.9 Å². The number of nitrogens with one attached hydrogen (secondary N) is 2. The van der Waals surface area contributed by atoms with Crippen LogP contribution in [0, 0.1) is 5.92 Å². The number of rotatable bonds is 10. The quantitative estimate of drug-likeness (QED) is 0.624. The van der Waals surface area contributed by atoms with E-state index in [0.717, 1.165) is 12.0 Å². The maximum Gasteiger partial charge on any atom is 0.251 e. The molecule has 2 amide bonds. The molecule has 2 unspecified atom stereocenters. The van der Waals surface area contributed by atoms with Crippen molar-refractivity contribution in [1.29, 1.82) is 0 Å². The summed E-state index contributed by atoms with van der Waals surface area (Å²) in [6, 6.07) is 11.7. The van der Waals surface area contributed by atoms with Crippen LogP contribution in [0.5, 0.6) is 17.2 Å². The Labute approximate surface area is 177 Å². The number of ether oxygens (including phenoxy) is 3. The van der Waals surface area contributed by atoms with Crippen LogP contribution in [0.3, 0.4) is 0 Å². The molecule has 0 aliphatic carbocycles. The number of methoxy groups -OCH3 is 3. The maximum absolute atomic E-state index is 12.9. The third-order valence-corrected chi connectivity index (χ3v) is 5.06. The topological polar surface area (TPSA) is 85.9 Å². The van der Waals surface area contributed by atoms with Crippen molar-refractivity contribution in [1.82, 2.24) is 10.6 Å². The highest BCUT2D eigenvalue weighted by atomic mass is 16.5. The molecule has 162 valence electrons. The van der Waals surface area contributed by atoms with E-state index in [4.69, 9.17) is 14.2 Å². The van der Waals surface area contributed by atoms with Gasteiger partial charge in [-0.25, -0.2) is 0 Å². The minimum Gasteiger partial charge on any atom is -0.496 e. The first-order chi connectivity index (χ1) is 14.4. The molecule has 0 aliphatic heterocycles. The SMILES string of the molecule is CCC(C)C(NC(=O)c1ccccc1)C(=O)NCc1cc(OC)c(OC)cc1OC. The van der Waals surface area contributed by atoms with Crippen LogP contribution >= 0.6 is 0 Å². The average Bonchev–Trinajstić information content (AvgIpc) is 2.80. The molecule has 0 saturated heterocycles. The molecule has 2 N–H and O–H groups in total. The standard InChI is InChI=1S/C23H30N2O5/c1-6-15(2)21(25-22(26)16-10-8-7-9-11-16)23(27)24-14-17-12-19(29-4)20(30-5)13-18(17)28-3/h7-13,15,21H,6,14H2,1-5H3,(H,24,27)(H,25,26). The van der Waals surface area contributed by atoms with E-state index in [1.54, 1.807) is 57.7 Å². The third-order valence-electron chi connectivity index (χ3n) is 5.06. The highest BCUT2D eigenvalue weighted by Crippen LogP contribution is 2.34. The van der Waals surface area contributed by atoms with Crippen molar-refractivity contribution in [2.45, 2.75) is 32.9 Å². The van der Waals surface area contributed by atoms with E-state index < -0.39 is 6.04 Å². The second kappa shape index (κ2) is 11.1. The van der Waals surface area contributed by atoms with Gasteiger partial charge in [0.25, 0.3) is 5.91 Å². The number of hydrogen-bond donors (Lipinski definition) is 2. The van der Waals surface area contributed by atoms with Crippen molar-refractivity contribution in [2.75, 3.05) is 21.3 Å². The van der Waals surface area contributed by atoms with Gasteiger partial charge in [-0.1, -0.05) is 38.5 Å². The van der Waals surface area contributed by atoms with E-state index in [9.17, 15) is 9.59 Å². The highest BCUT2D eigenvalue weighted by molar-refractivity contribution is 5.97. The van der Waals surface area contributed by atoms with E-state index in [2.05, 4.69) is 10.6 Å². The number of hydrogen-bond acceptors (Lipinski definition) is 5. The van der Waals surface area contributed by atoms with Gasteiger partial charge in [-0.15, -0.1) is 0 Å². The first-order valence-corrected chi connectivity index (χ1v) is 9.87. The Balaban J connectivity index is 2.15. The molecule has 0 heterocycles. The molecule has 30 heavy (non-hydrogen) atoms. The lowest BCUT2D eigenvalue weighted by Gasteiger charge is -2.24. The number of benzene rings is 2. The molecular formula is C23H30N2O5. The van der Waals surface area contributed by atoms with Crippen molar-refractivity contribution in [3.63, 3.8) is 0 Å². The van der Waals surface area contributed by atoms with Gasteiger partial charge in [0.2, 0.25) is 5.91 Å². The van der Waals surface area contributed by atoms with Crippen LogP contribution in [0.1, 0.15) is 36.2 Å². The van der Waals surface area contributed by atoms with E-state index in [-0.39, 0.29) is 24.3 Å². The molecular weight excluding hydrogens is 384 g/mol. The predicted molar refractivity (Wildman–Crippen MR) is 115 cm³/mol. The summed E-state index contributed by atoms with van der Waals surface area (Å²) in [5, 5.41) is 5.77. The highest BCUT2D eigenvalue weighted by Gasteiger charge is 2.26.